The summed E-state index contributed by atoms with van der Waals surface area (Å²) < 4.78 is 11.3. The summed E-state index contributed by atoms with van der Waals surface area (Å²) >= 11 is 0. The number of nitrogens with zero attached hydrogens (tertiary/aromatic N) is 4. The number of aromatic nitrogens is 5. The van der Waals surface area contributed by atoms with Crippen molar-refractivity contribution in [3.05, 3.63) is 169 Å². The van der Waals surface area contributed by atoms with Crippen LogP contribution >= 0.6 is 0 Å². The van der Waals surface area contributed by atoms with E-state index in [1.165, 1.54) is 16.3 Å². The number of benzene rings is 7. The molecule has 0 aliphatic carbocycles. The van der Waals surface area contributed by atoms with E-state index in [1.54, 1.807) is 0 Å². The maximum absolute atomic E-state index is 6.74. The summed E-state index contributed by atoms with van der Waals surface area (Å²) in [6, 6.07) is 56.0. The predicted molar refractivity (Wildman–Crippen MR) is 239 cm³/mol. The van der Waals surface area contributed by atoms with Gasteiger partial charge < -0.3 is 9.40 Å². The molecular formula is C52H37N5O. The third kappa shape index (κ3) is 4.72. The lowest BCUT2D eigenvalue weighted by atomic mass is 9.86. The van der Waals surface area contributed by atoms with Crippen molar-refractivity contribution in [3.63, 3.8) is 0 Å². The van der Waals surface area contributed by atoms with Gasteiger partial charge >= 0.3 is 0 Å². The minimum absolute atomic E-state index is 0.0188. The average Bonchev–Trinajstić information content (AvgIpc) is 4.02. The van der Waals surface area contributed by atoms with Crippen molar-refractivity contribution in [3.8, 4) is 34.0 Å². The Morgan fingerprint density at radius 2 is 1.34 bits per heavy atom. The Morgan fingerprint density at radius 1 is 0.569 bits per heavy atom. The molecule has 0 aliphatic rings. The summed E-state index contributed by atoms with van der Waals surface area (Å²) in [7, 11) is 0. The Kier molecular flexibility index (Phi) is 6.80. The van der Waals surface area contributed by atoms with E-state index in [4.69, 9.17) is 14.4 Å². The van der Waals surface area contributed by atoms with Crippen LogP contribution in [-0.2, 0) is 5.41 Å². The molecule has 0 bridgehead atoms. The van der Waals surface area contributed by atoms with Gasteiger partial charge in [-0.05, 0) is 83.3 Å². The zero-order valence-corrected chi connectivity index (χ0v) is 32.3. The Morgan fingerprint density at radius 3 is 2.19 bits per heavy atom. The van der Waals surface area contributed by atoms with Gasteiger partial charge in [0.1, 0.15) is 22.8 Å². The SMILES string of the molecule is CC(C)(C)c1ccc2[nH]c3c(-c4nc5c(-c6ccc7c8ccccc8n(-c8ccccn8)c7c6)cccc5n4-c4ccccc4)cc4c5ccccc5oc4c3c2c1. The van der Waals surface area contributed by atoms with Crippen LogP contribution in [0.3, 0.4) is 0 Å². The number of hydrogen-bond acceptors (Lipinski definition) is 3. The van der Waals surface area contributed by atoms with Crippen LogP contribution in [0, 0.1) is 0 Å². The number of H-pyrrole nitrogens is 1. The third-order valence-corrected chi connectivity index (χ3v) is 11.9. The summed E-state index contributed by atoms with van der Waals surface area (Å²) in [5, 5.41) is 6.76. The van der Waals surface area contributed by atoms with Crippen LogP contribution in [0.4, 0.5) is 0 Å². The highest BCUT2D eigenvalue weighted by Crippen LogP contribution is 2.45. The molecule has 12 rings (SSSR count). The van der Waals surface area contributed by atoms with E-state index in [9.17, 15) is 0 Å². The first kappa shape index (κ1) is 32.8. The zero-order valence-electron chi connectivity index (χ0n) is 32.3. The molecule has 7 aromatic carbocycles. The molecule has 0 aliphatic heterocycles. The first-order valence-corrected chi connectivity index (χ1v) is 19.8. The normalized spacial score (nSPS) is 12.4. The van der Waals surface area contributed by atoms with Crippen LogP contribution in [0.5, 0.6) is 0 Å². The lowest BCUT2D eigenvalue weighted by molar-refractivity contribution is 0.591. The highest BCUT2D eigenvalue weighted by atomic mass is 16.3. The van der Waals surface area contributed by atoms with Crippen molar-refractivity contribution in [2.24, 2.45) is 0 Å². The summed E-state index contributed by atoms with van der Waals surface area (Å²) in [5.74, 6) is 1.75. The van der Waals surface area contributed by atoms with E-state index in [-0.39, 0.29) is 5.41 Å². The van der Waals surface area contributed by atoms with Gasteiger partial charge in [-0.2, -0.15) is 0 Å². The second-order valence-electron chi connectivity index (χ2n) is 16.3. The lowest BCUT2D eigenvalue weighted by Gasteiger charge is -2.18. The van der Waals surface area contributed by atoms with Crippen LogP contribution < -0.4 is 0 Å². The van der Waals surface area contributed by atoms with Crippen LogP contribution in [0.25, 0.3) is 111 Å². The number of furan rings is 1. The quantitative estimate of drug-likeness (QED) is 0.195. The van der Waals surface area contributed by atoms with Crippen molar-refractivity contribution >= 4 is 76.6 Å². The molecule has 6 nitrogen and oxygen atoms in total. The summed E-state index contributed by atoms with van der Waals surface area (Å²) in [6.45, 7) is 6.79. The molecule has 0 fully saturated rings. The monoisotopic (exact) mass is 747 g/mol. The van der Waals surface area contributed by atoms with Gasteiger partial charge in [0.2, 0.25) is 0 Å². The van der Waals surface area contributed by atoms with Gasteiger partial charge in [-0.3, -0.25) is 9.13 Å². The fraction of sp³-hybridized carbons (Fsp3) is 0.0769. The Bertz CT molecular complexity index is 3600. The number of imidazole rings is 1. The molecule has 0 atom stereocenters. The van der Waals surface area contributed by atoms with Crippen LogP contribution in [0.1, 0.15) is 26.3 Å². The first-order chi connectivity index (χ1) is 28.4. The Hall–Kier alpha value is -7.44. The fourth-order valence-electron chi connectivity index (χ4n) is 9.11. The molecule has 0 saturated heterocycles. The number of pyridine rings is 1. The molecule has 5 aromatic heterocycles. The van der Waals surface area contributed by atoms with Gasteiger partial charge in [-0.1, -0.05) is 112 Å². The highest BCUT2D eigenvalue weighted by molar-refractivity contribution is 6.26. The van der Waals surface area contributed by atoms with Crippen LogP contribution in [-0.4, -0.2) is 24.1 Å². The number of rotatable bonds is 4. The third-order valence-electron chi connectivity index (χ3n) is 11.9. The van der Waals surface area contributed by atoms with E-state index in [2.05, 4.69) is 174 Å². The standard InChI is InChI=1S/C52H37N5O/c1-52(2,3)32-24-26-41-39(29-32)47-49(54-41)40(30-38-37-17-8-10-21-45(37)58-50(38)47)51-55-48-34(18-13-20-43(48)56(51)33-14-5-4-6-15-33)31-23-25-36-35-16-7-9-19-42(35)57(44(36)28-31)46-22-11-12-27-53-46/h4-30,54H,1-3H3. The summed E-state index contributed by atoms with van der Waals surface area (Å²) in [5.41, 5.74) is 13.5. The minimum Gasteiger partial charge on any atom is -0.455 e. The largest absolute Gasteiger partial charge is 0.455 e. The van der Waals surface area contributed by atoms with Crippen LogP contribution in [0.2, 0.25) is 0 Å². The molecule has 6 heteroatoms. The second kappa shape index (κ2) is 12.0. The van der Waals surface area contributed by atoms with Gasteiger partial charge in [0.15, 0.2) is 0 Å². The maximum Gasteiger partial charge on any atom is 0.147 e. The molecule has 0 spiro atoms. The number of para-hydroxylation sites is 4. The number of fused-ring (bicyclic) bond motifs is 11. The molecule has 12 aromatic rings. The second-order valence-corrected chi connectivity index (χ2v) is 16.3. The van der Waals surface area contributed by atoms with Gasteiger partial charge in [-0.15, -0.1) is 0 Å². The van der Waals surface area contributed by atoms with Crippen molar-refractivity contribution in [1.29, 1.82) is 0 Å². The number of aromatic amines is 1. The Labute approximate surface area is 333 Å². The summed E-state index contributed by atoms with van der Waals surface area (Å²) in [6.07, 6.45) is 1.86. The molecule has 0 radical (unpaired) electrons. The topological polar surface area (TPSA) is 64.6 Å². The molecular weight excluding hydrogens is 711 g/mol. The average molecular weight is 748 g/mol. The van der Waals surface area contributed by atoms with E-state index in [0.717, 1.165) is 99.8 Å². The van der Waals surface area contributed by atoms with E-state index < -0.39 is 0 Å². The molecule has 0 unspecified atom stereocenters. The Balaban J connectivity index is 1.18. The van der Waals surface area contributed by atoms with Crippen molar-refractivity contribution in [2.75, 3.05) is 0 Å². The fourth-order valence-corrected chi connectivity index (χ4v) is 9.11. The summed E-state index contributed by atoms with van der Waals surface area (Å²) in [4.78, 5) is 14.3. The molecule has 58 heavy (non-hydrogen) atoms. The molecule has 276 valence electrons. The smallest absolute Gasteiger partial charge is 0.147 e. The minimum atomic E-state index is -0.0188. The molecule has 5 heterocycles. The predicted octanol–water partition coefficient (Wildman–Crippen LogP) is 13.7. The number of hydrogen-bond donors (Lipinski definition) is 1. The lowest BCUT2D eigenvalue weighted by Crippen LogP contribution is -2.10. The van der Waals surface area contributed by atoms with Crippen molar-refractivity contribution in [2.45, 2.75) is 26.2 Å². The zero-order chi connectivity index (χ0) is 38.7. The highest BCUT2D eigenvalue weighted by Gasteiger charge is 2.25. The van der Waals surface area contributed by atoms with Crippen LogP contribution in [0.15, 0.2) is 168 Å². The first-order valence-electron chi connectivity index (χ1n) is 19.8. The van der Waals surface area contributed by atoms with E-state index in [0.29, 0.717) is 0 Å². The number of nitrogens with one attached hydrogen (secondary N) is 1. The van der Waals surface area contributed by atoms with E-state index >= 15 is 0 Å². The van der Waals surface area contributed by atoms with Gasteiger partial charge in [-0.25, -0.2) is 9.97 Å². The van der Waals surface area contributed by atoms with E-state index in [1.807, 2.05) is 24.4 Å². The van der Waals surface area contributed by atoms with Gasteiger partial charge in [0, 0.05) is 55.5 Å². The molecule has 0 saturated carbocycles. The van der Waals surface area contributed by atoms with Crippen molar-refractivity contribution < 1.29 is 4.42 Å². The van der Waals surface area contributed by atoms with Gasteiger partial charge in [0.25, 0.3) is 0 Å². The van der Waals surface area contributed by atoms with Crippen molar-refractivity contribution in [1.82, 2.24) is 24.1 Å². The molecule has 0 amide bonds. The van der Waals surface area contributed by atoms with Gasteiger partial charge in [0.05, 0.1) is 33.0 Å². The molecule has 1 N–H and O–H groups in total. The maximum atomic E-state index is 6.74.